The Balaban J connectivity index is 4.30. The third kappa shape index (κ3) is 41.9. The molecule has 6 nitrogen and oxygen atoms in total. The predicted molar refractivity (Wildman–Crippen MR) is 233 cm³/mol. The second kappa shape index (κ2) is 40.6. The summed E-state index contributed by atoms with van der Waals surface area (Å²) in [5.41, 5.74) is 0. The van der Waals surface area contributed by atoms with Gasteiger partial charge in [0.1, 0.15) is 13.2 Å². The van der Waals surface area contributed by atoms with E-state index in [1.165, 1.54) is 141 Å². The van der Waals surface area contributed by atoms with Crippen molar-refractivity contribution in [2.24, 2.45) is 17.8 Å². The number of rotatable bonds is 42. The summed E-state index contributed by atoms with van der Waals surface area (Å²) in [6.45, 7) is 13.6. The van der Waals surface area contributed by atoms with Crippen molar-refractivity contribution in [2.75, 3.05) is 13.2 Å². The van der Waals surface area contributed by atoms with Crippen LogP contribution in [0.3, 0.4) is 0 Å². The third-order valence-corrected chi connectivity index (χ3v) is 11.3. The van der Waals surface area contributed by atoms with Crippen molar-refractivity contribution in [3.63, 3.8) is 0 Å². The van der Waals surface area contributed by atoms with Crippen molar-refractivity contribution >= 4 is 17.9 Å². The van der Waals surface area contributed by atoms with E-state index in [4.69, 9.17) is 14.2 Å². The van der Waals surface area contributed by atoms with Crippen LogP contribution in [-0.4, -0.2) is 37.2 Å². The maximum Gasteiger partial charge on any atom is 0.306 e. The molecular formula is C49H94O6. The van der Waals surface area contributed by atoms with Gasteiger partial charge < -0.3 is 14.2 Å². The fraction of sp³-hybridized carbons (Fsp3) is 0.939. The summed E-state index contributed by atoms with van der Waals surface area (Å²) in [5, 5.41) is 0. The summed E-state index contributed by atoms with van der Waals surface area (Å²) >= 11 is 0. The molecule has 2 atom stereocenters. The normalized spacial score (nSPS) is 12.7. The lowest BCUT2D eigenvalue weighted by atomic mass is 10.00. The smallest absolute Gasteiger partial charge is 0.306 e. The van der Waals surface area contributed by atoms with Crippen LogP contribution in [0, 0.1) is 17.8 Å². The van der Waals surface area contributed by atoms with E-state index in [2.05, 4.69) is 41.5 Å². The molecule has 326 valence electrons. The van der Waals surface area contributed by atoms with E-state index in [9.17, 15) is 14.4 Å². The van der Waals surface area contributed by atoms with Crippen LogP contribution in [0.5, 0.6) is 0 Å². The van der Waals surface area contributed by atoms with Gasteiger partial charge in [-0.2, -0.15) is 0 Å². The van der Waals surface area contributed by atoms with Crippen LogP contribution in [0.2, 0.25) is 0 Å². The summed E-state index contributed by atoms with van der Waals surface area (Å²) < 4.78 is 16.7. The number of esters is 3. The highest BCUT2D eigenvalue weighted by Gasteiger charge is 2.19. The lowest BCUT2D eigenvalue weighted by Gasteiger charge is -2.18. The molecule has 0 spiro atoms. The van der Waals surface area contributed by atoms with Gasteiger partial charge in [-0.25, -0.2) is 0 Å². The molecule has 1 unspecified atom stereocenters. The Labute approximate surface area is 342 Å². The van der Waals surface area contributed by atoms with Crippen molar-refractivity contribution in [1.29, 1.82) is 0 Å². The van der Waals surface area contributed by atoms with Crippen LogP contribution in [0.4, 0.5) is 0 Å². The minimum absolute atomic E-state index is 0.0662. The first-order chi connectivity index (χ1) is 26.6. The zero-order chi connectivity index (χ0) is 40.6. The molecule has 55 heavy (non-hydrogen) atoms. The van der Waals surface area contributed by atoms with Crippen LogP contribution in [0.1, 0.15) is 260 Å². The largest absolute Gasteiger partial charge is 0.462 e. The maximum atomic E-state index is 12.7. The standard InChI is InChI=1S/C49H94O6/c1-7-45(6)37-31-25-21-22-27-33-39-48(51)54-42-46(55-49(52)40-34-28-20-16-15-18-24-30-36-44(4)5)41-53-47(50)38-32-26-19-14-12-10-8-9-11-13-17-23-29-35-43(2)3/h43-46H,7-42H2,1-6H3/t45?,46-/m1/s1. The van der Waals surface area contributed by atoms with Crippen LogP contribution in [0.15, 0.2) is 0 Å². The SMILES string of the molecule is CCC(C)CCCCCCCCC(=O)OC[C@@H](COC(=O)CCCCCCCCCCCCCCCC(C)C)OC(=O)CCCCCCCCCCC(C)C. The molecule has 0 N–H and O–H groups in total. The molecule has 0 aromatic heterocycles. The molecule has 0 fully saturated rings. The molecule has 0 rings (SSSR count). The molecule has 0 saturated carbocycles. The van der Waals surface area contributed by atoms with Gasteiger partial charge in [0.05, 0.1) is 0 Å². The molecular weight excluding hydrogens is 685 g/mol. The van der Waals surface area contributed by atoms with Gasteiger partial charge in [-0.15, -0.1) is 0 Å². The summed E-state index contributed by atoms with van der Waals surface area (Å²) in [4.78, 5) is 37.8. The van der Waals surface area contributed by atoms with Gasteiger partial charge in [-0.05, 0) is 37.0 Å². The number of hydrogen-bond acceptors (Lipinski definition) is 6. The van der Waals surface area contributed by atoms with Crippen molar-refractivity contribution < 1.29 is 28.6 Å². The summed E-state index contributed by atoms with van der Waals surface area (Å²) in [6, 6.07) is 0. The highest BCUT2D eigenvalue weighted by molar-refractivity contribution is 5.71. The zero-order valence-electron chi connectivity index (χ0n) is 37.7. The molecule has 0 aromatic carbocycles. The molecule has 6 heteroatoms. The van der Waals surface area contributed by atoms with Crippen LogP contribution < -0.4 is 0 Å². The Morgan fingerprint density at radius 1 is 0.364 bits per heavy atom. The molecule has 0 aromatic rings. The van der Waals surface area contributed by atoms with Crippen LogP contribution in [0.25, 0.3) is 0 Å². The van der Waals surface area contributed by atoms with Gasteiger partial charge in [0.25, 0.3) is 0 Å². The lowest BCUT2D eigenvalue weighted by molar-refractivity contribution is -0.167. The van der Waals surface area contributed by atoms with E-state index in [1.54, 1.807) is 0 Å². The Kier molecular flexibility index (Phi) is 39.4. The van der Waals surface area contributed by atoms with Gasteiger partial charge in [0.15, 0.2) is 6.10 Å². The summed E-state index contributed by atoms with van der Waals surface area (Å²) in [7, 11) is 0. The Morgan fingerprint density at radius 3 is 0.945 bits per heavy atom. The van der Waals surface area contributed by atoms with Gasteiger partial charge in [-0.1, -0.05) is 221 Å². The van der Waals surface area contributed by atoms with Gasteiger partial charge >= 0.3 is 17.9 Å². The lowest BCUT2D eigenvalue weighted by Crippen LogP contribution is -2.30. The minimum Gasteiger partial charge on any atom is -0.462 e. The molecule has 0 amide bonds. The fourth-order valence-electron chi connectivity index (χ4n) is 7.20. The fourth-order valence-corrected chi connectivity index (χ4v) is 7.20. The van der Waals surface area contributed by atoms with Gasteiger partial charge in [-0.3, -0.25) is 14.4 Å². The molecule has 0 aliphatic carbocycles. The minimum atomic E-state index is -0.762. The van der Waals surface area contributed by atoms with E-state index >= 15 is 0 Å². The zero-order valence-corrected chi connectivity index (χ0v) is 37.7. The first-order valence-corrected chi connectivity index (χ1v) is 24.1. The molecule has 0 bridgehead atoms. The Bertz CT molecular complexity index is 854. The molecule has 0 heterocycles. The molecule has 0 aliphatic heterocycles. The highest BCUT2D eigenvalue weighted by atomic mass is 16.6. The second-order valence-electron chi connectivity index (χ2n) is 17.9. The summed E-state index contributed by atoms with van der Waals surface area (Å²) in [5.74, 6) is 1.59. The molecule has 0 aliphatic rings. The number of hydrogen-bond donors (Lipinski definition) is 0. The highest BCUT2D eigenvalue weighted by Crippen LogP contribution is 2.17. The molecule has 0 saturated heterocycles. The van der Waals surface area contributed by atoms with Crippen molar-refractivity contribution in [1.82, 2.24) is 0 Å². The number of carbonyl (C=O) groups is 3. The summed E-state index contributed by atoms with van der Waals surface area (Å²) in [6.07, 6.45) is 38.1. The average Bonchev–Trinajstić information content (AvgIpc) is 3.15. The monoisotopic (exact) mass is 779 g/mol. The quantitative estimate of drug-likeness (QED) is 0.0349. The van der Waals surface area contributed by atoms with Crippen molar-refractivity contribution in [3.05, 3.63) is 0 Å². The third-order valence-electron chi connectivity index (χ3n) is 11.3. The Morgan fingerprint density at radius 2 is 0.636 bits per heavy atom. The number of carbonyl (C=O) groups excluding carboxylic acids is 3. The van der Waals surface area contributed by atoms with E-state index in [0.29, 0.717) is 19.3 Å². The van der Waals surface area contributed by atoms with Crippen molar-refractivity contribution in [3.8, 4) is 0 Å². The van der Waals surface area contributed by atoms with E-state index < -0.39 is 6.10 Å². The van der Waals surface area contributed by atoms with Crippen LogP contribution in [-0.2, 0) is 28.6 Å². The molecule has 0 radical (unpaired) electrons. The number of ether oxygens (including phenoxy) is 3. The number of unbranched alkanes of at least 4 members (excludes halogenated alkanes) is 24. The van der Waals surface area contributed by atoms with Gasteiger partial charge in [0, 0.05) is 19.3 Å². The first kappa shape index (κ1) is 53.4. The van der Waals surface area contributed by atoms with E-state index in [0.717, 1.165) is 75.5 Å². The Hall–Kier alpha value is -1.59. The van der Waals surface area contributed by atoms with Crippen molar-refractivity contribution in [2.45, 2.75) is 266 Å². The second-order valence-corrected chi connectivity index (χ2v) is 17.9. The average molecular weight is 779 g/mol. The predicted octanol–water partition coefficient (Wildman–Crippen LogP) is 15.2. The topological polar surface area (TPSA) is 78.9 Å². The first-order valence-electron chi connectivity index (χ1n) is 24.1. The van der Waals surface area contributed by atoms with E-state index in [1.807, 2.05) is 0 Å². The van der Waals surface area contributed by atoms with Gasteiger partial charge in [0.2, 0.25) is 0 Å². The van der Waals surface area contributed by atoms with Crippen LogP contribution >= 0.6 is 0 Å². The van der Waals surface area contributed by atoms with E-state index in [-0.39, 0.29) is 31.1 Å². The maximum absolute atomic E-state index is 12.7.